The molecule has 1 aliphatic rings. The standard InChI is InChI=1S/C17H16N2O/c1-12-5-4-6-13(11-18)17(12)19-15-9-10-20-16-8-3-2-7-14(15)16/h2-8,15,19H,9-10H2,1H3. The molecule has 0 saturated heterocycles. The minimum absolute atomic E-state index is 0.188. The molecule has 0 amide bonds. The average molecular weight is 264 g/mol. The molecule has 0 radical (unpaired) electrons. The van der Waals surface area contributed by atoms with E-state index in [1.807, 2.05) is 43.3 Å². The second kappa shape index (κ2) is 5.26. The van der Waals surface area contributed by atoms with Gasteiger partial charge in [-0.2, -0.15) is 5.26 Å². The number of hydrogen-bond donors (Lipinski definition) is 1. The summed E-state index contributed by atoms with van der Waals surface area (Å²) in [5, 5.41) is 12.8. The molecule has 1 N–H and O–H groups in total. The molecule has 0 saturated carbocycles. The summed E-state index contributed by atoms with van der Waals surface area (Å²) in [6.07, 6.45) is 0.899. The van der Waals surface area contributed by atoms with Gasteiger partial charge in [0.2, 0.25) is 0 Å². The number of anilines is 1. The molecule has 1 aliphatic heterocycles. The van der Waals surface area contributed by atoms with Crippen LogP contribution in [0.1, 0.15) is 29.2 Å². The van der Waals surface area contributed by atoms with E-state index in [-0.39, 0.29) is 6.04 Å². The largest absolute Gasteiger partial charge is 0.493 e. The topological polar surface area (TPSA) is 45.0 Å². The molecule has 20 heavy (non-hydrogen) atoms. The molecule has 0 bridgehead atoms. The molecule has 0 fully saturated rings. The van der Waals surface area contributed by atoms with Crippen LogP contribution in [0.4, 0.5) is 5.69 Å². The van der Waals surface area contributed by atoms with Crippen molar-refractivity contribution in [2.24, 2.45) is 0 Å². The van der Waals surface area contributed by atoms with Gasteiger partial charge in [0, 0.05) is 12.0 Å². The first-order valence-electron chi connectivity index (χ1n) is 6.77. The lowest BCUT2D eigenvalue weighted by molar-refractivity contribution is 0.274. The maximum absolute atomic E-state index is 9.25. The smallest absolute Gasteiger partial charge is 0.124 e. The highest BCUT2D eigenvalue weighted by Gasteiger charge is 2.22. The molecule has 3 nitrogen and oxygen atoms in total. The van der Waals surface area contributed by atoms with Crippen molar-refractivity contribution in [3.05, 3.63) is 59.2 Å². The van der Waals surface area contributed by atoms with Crippen LogP contribution in [0.15, 0.2) is 42.5 Å². The van der Waals surface area contributed by atoms with E-state index in [4.69, 9.17) is 4.74 Å². The summed E-state index contributed by atoms with van der Waals surface area (Å²) >= 11 is 0. The Morgan fingerprint density at radius 1 is 1.20 bits per heavy atom. The molecule has 1 heterocycles. The second-order valence-corrected chi connectivity index (χ2v) is 4.98. The number of nitriles is 1. The first kappa shape index (κ1) is 12.6. The molecule has 1 atom stereocenters. The molecule has 3 heteroatoms. The predicted octanol–water partition coefficient (Wildman–Crippen LogP) is 3.80. The van der Waals surface area contributed by atoms with Crippen molar-refractivity contribution in [2.45, 2.75) is 19.4 Å². The maximum atomic E-state index is 9.25. The highest BCUT2D eigenvalue weighted by atomic mass is 16.5. The van der Waals surface area contributed by atoms with Crippen molar-refractivity contribution in [3.8, 4) is 11.8 Å². The number of fused-ring (bicyclic) bond motifs is 1. The zero-order valence-corrected chi connectivity index (χ0v) is 11.4. The molecule has 2 aromatic rings. The van der Waals surface area contributed by atoms with Crippen LogP contribution in [0, 0.1) is 18.3 Å². The third kappa shape index (κ3) is 2.21. The van der Waals surface area contributed by atoms with Crippen LogP contribution >= 0.6 is 0 Å². The van der Waals surface area contributed by atoms with Crippen LogP contribution in [0.25, 0.3) is 0 Å². The summed E-state index contributed by atoms with van der Waals surface area (Å²) in [6, 6.07) is 16.3. The molecular weight excluding hydrogens is 248 g/mol. The number of nitrogens with one attached hydrogen (secondary N) is 1. The van der Waals surface area contributed by atoms with Crippen molar-refractivity contribution >= 4 is 5.69 Å². The van der Waals surface area contributed by atoms with Crippen molar-refractivity contribution < 1.29 is 4.74 Å². The van der Waals surface area contributed by atoms with Crippen LogP contribution in [0.2, 0.25) is 0 Å². The summed E-state index contributed by atoms with van der Waals surface area (Å²) in [5.74, 6) is 0.934. The van der Waals surface area contributed by atoms with Crippen LogP contribution in [0.3, 0.4) is 0 Å². The highest BCUT2D eigenvalue weighted by Crippen LogP contribution is 2.35. The number of ether oxygens (including phenoxy) is 1. The number of nitrogens with zero attached hydrogens (tertiary/aromatic N) is 1. The third-order valence-electron chi connectivity index (χ3n) is 3.67. The van der Waals surface area contributed by atoms with Gasteiger partial charge in [-0.15, -0.1) is 0 Å². The molecule has 0 aliphatic carbocycles. The normalized spacial score (nSPS) is 16.7. The Kier molecular flexibility index (Phi) is 3.30. The van der Waals surface area contributed by atoms with E-state index >= 15 is 0 Å². The third-order valence-corrected chi connectivity index (χ3v) is 3.67. The predicted molar refractivity (Wildman–Crippen MR) is 78.8 cm³/mol. The SMILES string of the molecule is Cc1cccc(C#N)c1NC1CCOc2ccccc21. The van der Waals surface area contributed by atoms with E-state index in [0.29, 0.717) is 12.2 Å². The van der Waals surface area contributed by atoms with E-state index in [1.54, 1.807) is 0 Å². The zero-order chi connectivity index (χ0) is 13.9. The number of aryl methyl sites for hydroxylation is 1. The van der Waals surface area contributed by atoms with Crippen molar-refractivity contribution in [2.75, 3.05) is 11.9 Å². The number of benzene rings is 2. The van der Waals surface area contributed by atoms with E-state index in [1.165, 1.54) is 0 Å². The Morgan fingerprint density at radius 2 is 2.05 bits per heavy atom. The monoisotopic (exact) mass is 264 g/mol. The summed E-state index contributed by atoms with van der Waals surface area (Å²) in [7, 11) is 0. The van der Waals surface area contributed by atoms with E-state index in [9.17, 15) is 5.26 Å². The second-order valence-electron chi connectivity index (χ2n) is 4.98. The van der Waals surface area contributed by atoms with Gasteiger partial charge in [0.15, 0.2) is 0 Å². The molecule has 100 valence electrons. The quantitative estimate of drug-likeness (QED) is 0.897. The van der Waals surface area contributed by atoms with Crippen LogP contribution in [-0.4, -0.2) is 6.61 Å². The number of hydrogen-bond acceptors (Lipinski definition) is 3. The van der Waals surface area contributed by atoms with Crippen LogP contribution in [-0.2, 0) is 0 Å². The Morgan fingerprint density at radius 3 is 2.90 bits per heavy atom. The molecular formula is C17H16N2O. The van der Waals surface area contributed by atoms with E-state index in [2.05, 4.69) is 17.5 Å². The van der Waals surface area contributed by atoms with Gasteiger partial charge in [-0.05, 0) is 24.6 Å². The summed E-state index contributed by atoms with van der Waals surface area (Å²) in [5.41, 5.74) is 3.87. The Bertz CT molecular complexity index is 673. The van der Waals surface area contributed by atoms with Gasteiger partial charge >= 0.3 is 0 Å². The Hall–Kier alpha value is -2.47. The number of rotatable bonds is 2. The molecule has 1 unspecified atom stereocenters. The first-order valence-corrected chi connectivity index (χ1v) is 6.77. The Balaban J connectivity index is 1.96. The van der Waals surface area contributed by atoms with Gasteiger partial charge < -0.3 is 10.1 Å². The molecule has 3 rings (SSSR count). The number of para-hydroxylation sites is 2. The van der Waals surface area contributed by atoms with Crippen molar-refractivity contribution in [1.29, 1.82) is 5.26 Å². The lowest BCUT2D eigenvalue weighted by Gasteiger charge is -2.28. The maximum Gasteiger partial charge on any atom is 0.124 e. The van der Waals surface area contributed by atoms with Crippen molar-refractivity contribution in [1.82, 2.24) is 0 Å². The average Bonchev–Trinajstić information content (AvgIpc) is 2.49. The minimum Gasteiger partial charge on any atom is -0.493 e. The van der Waals surface area contributed by atoms with Gasteiger partial charge in [-0.3, -0.25) is 0 Å². The Labute approximate surface area is 118 Å². The fourth-order valence-corrected chi connectivity index (χ4v) is 2.62. The van der Waals surface area contributed by atoms with E-state index < -0.39 is 0 Å². The molecule has 2 aromatic carbocycles. The van der Waals surface area contributed by atoms with Crippen molar-refractivity contribution in [3.63, 3.8) is 0 Å². The lowest BCUT2D eigenvalue weighted by Crippen LogP contribution is -2.21. The highest BCUT2D eigenvalue weighted by molar-refractivity contribution is 5.63. The van der Waals surface area contributed by atoms with Gasteiger partial charge in [0.1, 0.15) is 11.8 Å². The molecule has 0 spiro atoms. The first-order chi connectivity index (χ1) is 9.79. The summed E-state index contributed by atoms with van der Waals surface area (Å²) < 4.78 is 5.67. The minimum atomic E-state index is 0.188. The molecule has 0 aromatic heterocycles. The van der Waals surface area contributed by atoms with Crippen LogP contribution in [0.5, 0.6) is 5.75 Å². The fourth-order valence-electron chi connectivity index (χ4n) is 2.62. The summed E-state index contributed by atoms with van der Waals surface area (Å²) in [4.78, 5) is 0. The fraction of sp³-hybridized carbons (Fsp3) is 0.235. The zero-order valence-electron chi connectivity index (χ0n) is 11.4. The van der Waals surface area contributed by atoms with Gasteiger partial charge in [0.05, 0.1) is 23.9 Å². The van der Waals surface area contributed by atoms with Gasteiger partial charge in [-0.25, -0.2) is 0 Å². The van der Waals surface area contributed by atoms with Gasteiger partial charge in [-0.1, -0.05) is 30.3 Å². The van der Waals surface area contributed by atoms with Gasteiger partial charge in [0.25, 0.3) is 0 Å². The van der Waals surface area contributed by atoms with Crippen LogP contribution < -0.4 is 10.1 Å². The van der Waals surface area contributed by atoms with E-state index in [0.717, 1.165) is 29.0 Å². The summed E-state index contributed by atoms with van der Waals surface area (Å²) in [6.45, 7) is 2.72. The lowest BCUT2D eigenvalue weighted by atomic mass is 9.99.